The fraction of sp³-hybridized carbons (Fsp3) is 0.524. The minimum Gasteiger partial charge on any atom is -0.364 e. The van der Waals surface area contributed by atoms with Crippen LogP contribution in [0.2, 0.25) is 0 Å². The van der Waals surface area contributed by atoms with Crippen LogP contribution in [0.15, 0.2) is 28.9 Å². The van der Waals surface area contributed by atoms with Gasteiger partial charge < -0.3 is 16.0 Å². The molecule has 0 bridgehead atoms. The first kappa shape index (κ1) is 24.2. The Hall–Kier alpha value is -2.40. The molecule has 1 aromatic heterocycles. The van der Waals surface area contributed by atoms with Gasteiger partial charge >= 0.3 is 5.69 Å². The van der Waals surface area contributed by atoms with Gasteiger partial charge in [-0.2, -0.15) is 4.98 Å². The highest BCUT2D eigenvalue weighted by molar-refractivity contribution is 9.10. The summed E-state index contributed by atoms with van der Waals surface area (Å²) >= 11 is 3.50. The molecule has 1 aliphatic rings. The molecule has 0 amide bonds. The number of nitrogens with one attached hydrogen (secondary N) is 3. The maximum Gasteiger partial charge on any atom is 0.329 e. The topological polar surface area (TPSA) is 105 Å². The number of hydrogen-bond acceptors (Lipinski definition) is 7. The van der Waals surface area contributed by atoms with Gasteiger partial charge in [-0.05, 0) is 55.7 Å². The fourth-order valence-corrected chi connectivity index (χ4v) is 4.22. The van der Waals surface area contributed by atoms with E-state index in [-0.39, 0.29) is 24.1 Å². The van der Waals surface area contributed by atoms with Crippen molar-refractivity contribution >= 4 is 33.4 Å². The Morgan fingerprint density at radius 3 is 2.69 bits per heavy atom. The van der Waals surface area contributed by atoms with E-state index in [0.717, 1.165) is 41.3 Å². The van der Waals surface area contributed by atoms with Crippen LogP contribution >= 0.6 is 15.9 Å². The van der Waals surface area contributed by atoms with E-state index in [0.29, 0.717) is 25.0 Å². The summed E-state index contributed by atoms with van der Waals surface area (Å²) < 4.78 is 25.7. The quantitative estimate of drug-likeness (QED) is 0.307. The summed E-state index contributed by atoms with van der Waals surface area (Å²) in [7, 11) is 0. The molecular weight excluding hydrogens is 486 g/mol. The second kappa shape index (κ2) is 11.5. The predicted octanol–water partition coefficient (Wildman–Crippen LogP) is 4.89. The Kier molecular flexibility index (Phi) is 8.68. The third-order valence-corrected chi connectivity index (χ3v) is 6.61. The monoisotopic (exact) mass is 512 g/mol. The molecule has 11 heteroatoms. The van der Waals surface area contributed by atoms with Gasteiger partial charge in [0.1, 0.15) is 6.20 Å². The normalized spacial score (nSPS) is 18.5. The van der Waals surface area contributed by atoms with Crippen molar-refractivity contribution < 1.29 is 13.7 Å². The van der Waals surface area contributed by atoms with Crippen molar-refractivity contribution in [1.29, 1.82) is 0 Å². The third kappa shape index (κ3) is 6.80. The Balaban J connectivity index is 1.58. The molecule has 0 unspecified atom stereocenters. The number of nitrogens with zero attached hydrogens (tertiary/aromatic N) is 3. The molecule has 1 saturated carbocycles. The smallest absolute Gasteiger partial charge is 0.329 e. The van der Waals surface area contributed by atoms with E-state index in [2.05, 4.69) is 41.8 Å². The lowest BCUT2D eigenvalue weighted by Gasteiger charge is -2.29. The van der Waals surface area contributed by atoms with E-state index in [4.69, 9.17) is 0 Å². The van der Waals surface area contributed by atoms with Gasteiger partial charge in [-0.15, -0.1) is 0 Å². The van der Waals surface area contributed by atoms with Gasteiger partial charge in [0.25, 0.3) is 6.43 Å². The van der Waals surface area contributed by atoms with E-state index in [1.807, 2.05) is 25.1 Å². The van der Waals surface area contributed by atoms with Gasteiger partial charge in [0.2, 0.25) is 11.8 Å². The van der Waals surface area contributed by atoms with Crippen LogP contribution in [0.4, 0.5) is 26.2 Å². The molecule has 0 aliphatic heterocycles. The van der Waals surface area contributed by atoms with Crippen molar-refractivity contribution in [3.63, 3.8) is 0 Å². The molecule has 3 rings (SSSR count). The number of nitro groups is 1. The average molecular weight is 513 g/mol. The highest BCUT2D eigenvalue weighted by Gasteiger charge is 2.23. The van der Waals surface area contributed by atoms with Gasteiger partial charge in [-0.3, -0.25) is 10.1 Å². The summed E-state index contributed by atoms with van der Waals surface area (Å²) in [4.78, 5) is 19.3. The Labute approximate surface area is 193 Å². The lowest BCUT2D eigenvalue weighted by Crippen LogP contribution is -2.37. The SMILES string of the molecule is Cc1c(Br)cccc1CNc1ncc([N+](=O)[O-])c(NCC2CCC(NCC(F)F)CC2)n1. The molecule has 0 saturated heterocycles. The van der Waals surface area contributed by atoms with Crippen molar-refractivity contribution in [2.75, 3.05) is 23.7 Å². The van der Waals surface area contributed by atoms with E-state index in [9.17, 15) is 18.9 Å². The van der Waals surface area contributed by atoms with Gasteiger partial charge in [-0.25, -0.2) is 13.8 Å². The largest absolute Gasteiger partial charge is 0.364 e. The number of anilines is 2. The average Bonchev–Trinajstić information content (AvgIpc) is 2.77. The number of aromatic nitrogens is 2. The number of rotatable bonds is 10. The molecule has 0 spiro atoms. The maximum atomic E-state index is 12.4. The van der Waals surface area contributed by atoms with E-state index < -0.39 is 11.3 Å². The second-order valence-electron chi connectivity index (χ2n) is 7.96. The molecule has 3 N–H and O–H groups in total. The zero-order valence-electron chi connectivity index (χ0n) is 17.8. The van der Waals surface area contributed by atoms with Crippen LogP contribution in [-0.4, -0.2) is 40.4 Å². The van der Waals surface area contributed by atoms with Crippen LogP contribution in [0.5, 0.6) is 0 Å². The first-order chi connectivity index (χ1) is 15.3. The molecule has 32 heavy (non-hydrogen) atoms. The Morgan fingerprint density at radius 1 is 1.25 bits per heavy atom. The van der Waals surface area contributed by atoms with E-state index >= 15 is 0 Å². The lowest BCUT2D eigenvalue weighted by molar-refractivity contribution is -0.384. The number of benzene rings is 1. The molecule has 0 radical (unpaired) electrons. The van der Waals surface area contributed by atoms with E-state index in [1.165, 1.54) is 6.20 Å². The summed E-state index contributed by atoms with van der Waals surface area (Å²) in [5, 5.41) is 20.5. The number of halogens is 3. The number of alkyl halides is 2. The first-order valence-electron chi connectivity index (χ1n) is 10.6. The van der Waals surface area contributed by atoms with Crippen LogP contribution in [0.25, 0.3) is 0 Å². The van der Waals surface area contributed by atoms with Crippen LogP contribution in [0.1, 0.15) is 36.8 Å². The summed E-state index contributed by atoms with van der Waals surface area (Å²) in [5.41, 5.74) is 1.98. The van der Waals surface area contributed by atoms with Crippen molar-refractivity contribution in [1.82, 2.24) is 15.3 Å². The van der Waals surface area contributed by atoms with Crippen LogP contribution < -0.4 is 16.0 Å². The van der Waals surface area contributed by atoms with Crippen molar-refractivity contribution in [3.05, 3.63) is 50.1 Å². The van der Waals surface area contributed by atoms with Gasteiger partial charge in [-0.1, -0.05) is 28.1 Å². The Bertz CT molecular complexity index is 925. The van der Waals surface area contributed by atoms with E-state index in [1.54, 1.807) is 0 Å². The molecule has 174 valence electrons. The van der Waals surface area contributed by atoms with Crippen molar-refractivity contribution in [2.45, 2.75) is 51.6 Å². The molecule has 1 aromatic carbocycles. The predicted molar refractivity (Wildman–Crippen MR) is 123 cm³/mol. The highest BCUT2D eigenvalue weighted by Crippen LogP contribution is 2.27. The maximum absolute atomic E-state index is 12.4. The molecule has 2 aromatic rings. The summed E-state index contributed by atoms with van der Waals surface area (Å²) in [5.74, 6) is 0.781. The van der Waals surface area contributed by atoms with Gasteiger partial charge in [0.05, 0.1) is 11.5 Å². The first-order valence-corrected chi connectivity index (χ1v) is 11.4. The van der Waals surface area contributed by atoms with Crippen LogP contribution in [-0.2, 0) is 6.54 Å². The lowest BCUT2D eigenvalue weighted by atomic mass is 9.86. The zero-order chi connectivity index (χ0) is 23.1. The van der Waals surface area contributed by atoms with Crippen molar-refractivity contribution in [3.8, 4) is 0 Å². The molecule has 1 aliphatic carbocycles. The van der Waals surface area contributed by atoms with Gasteiger partial charge in [0.15, 0.2) is 0 Å². The fourth-order valence-electron chi connectivity index (χ4n) is 3.81. The minimum atomic E-state index is -2.34. The minimum absolute atomic E-state index is 0.103. The van der Waals surface area contributed by atoms with Crippen LogP contribution in [0.3, 0.4) is 0 Å². The molecular formula is C21H27BrF2N6O2. The van der Waals surface area contributed by atoms with Crippen molar-refractivity contribution in [2.24, 2.45) is 5.92 Å². The summed E-state index contributed by atoms with van der Waals surface area (Å²) in [6.45, 7) is 2.74. The third-order valence-electron chi connectivity index (χ3n) is 5.75. The zero-order valence-corrected chi connectivity index (χ0v) is 19.4. The summed E-state index contributed by atoms with van der Waals surface area (Å²) in [6.07, 6.45) is 2.20. The highest BCUT2D eigenvalue weighted by atomic mass is 79.9. The molecule has 0 atom stereocenters. The summed E-state index contributed by atoms with van der Waals surface area (Å²) in [6, 6.07) is 6.00. The molecule has 1 heterocycles. The Morgan fingerprint density at radius 2 is 2.00 bits per heavy atom. The number of hydrogen-bond donors (Lipinski definition) is 3. The van der Waals surface area contributed by atoms with Gasteiger partial charge in [0, 0.05) is 23.6 Å². The molecule has 8 nitrogen and oxygen atoms in total. The standard InChI is InChI=1S/C21H27BrF2N6O2/c1-13-15(3-2-4-17(13)22)10-27-21-28-11-18(30(31)32)20(29-21)26-9-14-5-7-16(8-6-14)25-12-19(23)24/h2-4,11,14,16,19,25H,5-10,12H2,1H3,(H2,26,27,28,29). The van der Waals surface area contributed by atoms with Crippen LogP contribution in [0, 0.1) is 23.0 Å². The second-order valence-corrected chi connectivity index (χ2v) is 8.81. The molecule has 1 fully saturated rings.